The molecular weight excluding hydrogens is 348 g/mol. The molecule has 1 atom stereocenters. The number of rotatable bonds is 6. The van der Waals surface area contributed by atoms with Gasteiger partial charge in [-0.3, -0.25) is 14.6 Å². The Balaban J connectivity index is 2.11. The summed E-state index contributed by atoms with van der Waals surface area (Å²) in [5.74, 6) is -1.14. The first-order valence-corrected chi connectivity index (χ1v) is 8.53. The summed E-state index contributed by atoms with van der Waals surface area (Å²) in [6.45, 7) is 0.0676. The molecule has 1 aliphatic heterocycles. The quantitative estimate of drug-likeness (QED) is 0.459. The maximum Gasteiger partial charge on any atom is 0.295 e. The van der Waals surface area contributed by atoms with Gasteiger partial charge in [-0.2, -0.15) is 0 Å². The molecule has 1 aromatic heterocycles. The molecule has 1 amide bonds. The summed E-state index contributed by atoms with van der Waals surface area (Å²) in [6, 6.07) is 10.9. The fourth-order valence-electron chi connectivity index (χ4n) is 3.10. The number of pyridine rings is 1. The zero-order chi connectivity index (χ0) is 19.4. The number of likely N-dealkylation sites (tertiary alicyclic amines) is 1. The fourth-order valence-corrected chi connectivity index (χ4v) is 3.10. The van der Waals surface area contributed by atoms with Gasteiger partial charge in [-0.15, -0.1) is 0 Å². The predicted molar refractivity (Wildman–Crippen MR) is 97.9 cm³/mol. The second-order valence-corrected chi connectivity index (χ2v) is 6.05. The molecule has 1 saturated heterocycles. The third-order valence-electron chi connectivity index (χ3n) is 4.43. The first kappa shape index (κ1) is 18.6. The zero-order valence-electron chi connectivity index (χ0n) is 14.8. The lowest BCUT2D eigenvalue weighted by molar-refractivity contribution is -0.140. The molecule has 1 unspecified atom stereocenters. The number of hydrogen-bond acceptors (Lipinski definition) is 6. The minimum Gasteiger partial charge on any atom is -0.507 e. The number of hydrogen-bond donors (Lipinski definition) is 2. The molecule has 1 aromatic carbocycles. The number of carbonyl (C=O) groups excluding carboxylic acids is 2. The third-order valence-corrected chi connectivity index (χ3v) is 4.43. The largest absolute Gasteiger partial charge is 0.507 e. The summed E-state index contributed by atoms with van der Waals surface area (Å²) in [5, 5.41) is 19.9. The van der Waals surface area contributed by atoms with Gasteiger partial charge in [0.05, 0.1) is 18.4 Å². The molecule has 0 radical (unpaired) electrons. The highest BCUT2D eigenvalue weighted by Gasteiger charge is 2.46. The van der Waals surface area contributed by atoms with Crippen LogP contribution in [0, 0.1) is 0 Å². The molecule has 0 bridgehead atoms. The van der Waals surface area contributed by atoms with Crippen molar-refractivity contribution < 1.29 is 24.5 Å². The van der Waals surface area contributed by atoms with E-state index in [0.717, 1.165) is 0 Å². The number of carbonyl (C=O) groups is 2. The second kappa shape index (κ2) is 8.01. The standard InChI is InChI=1S/C20H20N2O5/c1-27-14-8-6-13(7-9-14)18(24)16-17(15-5-2-3-10-21-15)22(11-4-12-23)20(26)19(16)25/h2-3,5-10,17,23-24H,4,11-12H2,1H3/b18-16-. The summed E-state index contributed by atoms with van der Waals surface area (Å²) in [6.07, 6.45) is 1.88. The van der Waals surface area contributed by atoms with E-state index in [1.165, 1.54) is 12.0 Å². The van der Waals surface area contributed by atoms with Gasteiger partial charge in [-0.05, 0) is 42.8 Å². The van der Waals surface area contributed by atoms with Crippen LogP contribution in [0.2, 0.25) is 0 Å². The number of benzene rings is 1. The van der Waals surface area contributed by atoms with Crippen LogP contribution in [0.1, 0.15) is 23.7 Å². The average molecular weight is 368 g/mol. The van der Waals surface area contributed by atoms with Crippen molar-refractivity contribution in [3.8, 4) is 5.75 Å². The summed E-state index contributed by atoms with van der Waals surface area (Å²) < 4.78 is 5.10. The van der Waals surface area contributed by atoms with E-state index in [4.69, 9.17) is 9.84 Å². The van der Waals surface area contributed by atoms with Crippen molar-refractivity contribution in [1.82, 2.24) is 9.88 Å². The van der Waals surface area contributed by atoms with Crippen molar-refractivity contribution in [2.45, 2.75) is 12.5 Å². The minimum absolute atomic E-state index is 0.0122. The number of aromatic nitrogens is 1. The molecule has 1 aliphatic rings. The van der Waals surface area contributed by atoms with E-state index < -0.39 is 17.7 Å². The van der Waals surface area contributed by atoms with Crippen molar-refractivity contribution in [3.63, 3.8) is 0 Å². The lowest BCUT2D eigenvalue weighted by Gasteiger charge is -2.24. The van der Waals surface area contributed by atoms with Crippen LogP contribution in [0.5, 0.6) is 5.75 Å². The molecular formula is C20H20N2O5. The molecule has 7 nitrogen and oxygen atoms in total. The van der Waals surface area contributed by atoms with Gasteiger partial charge in [0.15, 0.2) is 0 Å². The number of Topliss-reactive ketones (excluding diaryl/α,β-unsaturated/α-hetero) is 1. The first-order valence-electron chi connectivity index (χ1n) is 8.53. The highest BCUT2D eigenvalue weighted by Crippen LogP contribution is 2.38. The van der Waals surface area contributed by atoms with E-state index >= 15 is 0 Å². The summed E-state index contributed by atoms with van der Waals surface area (Å²) in [7, 11) is 1.53. The average Bonchev–Trinajstić information content (AvgIpc) is 2.97. The van der Waals surface area contributed by atoms with Gasteiger partial charge in [0.25, 0.3) is 11.7 Å². The van der Waals surface area contributed by atoms with Crippen molar-refractivity contribution >= 4 is 17.4 Å². The maximum atomic E-state index is 12.7. The van der Waals surface area contributed by atoms with Gasteiger partial charge in [-0.1, -0.05) is 6.07 Å². The van der Waals surface area contributed by atoms with E-state index in [-0.39, 0.29) is 24.5 Å². The van der Waals surface area contributed by atoms with Crippen LogP contribution in [0.3, 0.4) is 0 Å². The molecule has 7 heteroatoms. The highest BCUT2D eigenvalue weighted by atomic mass is 16.5. The lowest BCUT2D eigenvalue weighted by atomic mass is 9.98. The Kier molecular flexibility index (Phi) is 5.52. The van der Waals surface area contributed by atoms with Crippen molar-refractivity contribution in [2.24, 2.45) is 0 Å². The maximum absolute atomic E-state index is 12.7. The predicted octanol–water partition coefficient (Wildman–Crippen LogP) is 1.89. The second-order valence-electron chi connectivity index (χ2n) is 6.05. The summed E-state index contributed by atoms with van der Waals surface area (Å²) in [5.41, 5.74) is 0.864. The van der Waals surface area contributed by atoms with Crippen molar-refractivity contribution in [1.29, 1.82) is 0 Å². The molecule has 0 saturated carbocycles. The van der Waals surface area contributed by atoms with Crippen LogP contribution in [0.25, 0.3) is 5.76 Å². The van der Waals surface area contributed by atoms with Gasteiger partial charge in [0, 0.05) is 24.9 Å². The number of methoxy groups -OCH3 is 1. The van der Waals surface area contributed by atoms with E-state index in [1.54, 1.807) is 48.7 Å². The van der Waals surface area contributed by atoms with Crippen LogP contribution in [-0.2, 0) is 9.59 Å². The van der Waals surface area contributed by atoms with E-state index in [9.17, 15) is 14.7 Å². The Morgan fingerprint density at radius 3 is 2.52 bits per heavy atom. The molecule has 0 spiro atoms. The van der Waals surface area contributed by atoms with E-state index in [2.05, 4.69) is 4.98 Å². The summed E-state index contributed by atoms with van der Waals surface area (Å²) >= 11 is 0. The third kappa shape index (κ3) is 3.54. The topological polar surface area (TPSA) is 100.0 Å². The minimum atomic E-state index is -0.806. The molecule has 2 heterocycles. The fraction of sp³-hybridized carbons (Fsp3) is 0.250. The zero-order valence-corrected chi connectivity index (χ0v) is 14.8. The molecule has 27 heavy (non-hydrogen) atoms. The van der Waals surface area contributed by atoms with Gasteiger partial charge >= 0.3 is 0 Å². The van der Waals surface area contributed by atoms with Crippen LogP contribution in [-0.4, -0.2) is 52.0 Å². The SMILES string of the molecule is COc1ccc(/C(O)=C2/C(=O)C(=O)N(CCCO)C2c2ccccn2)cc1. The monoisotopic (exact) mass is 368 g/mol. The molecule has 140 valence electrons. The number of nitrogens with zero attached hydrogens (tertiary/aromatic N) is 2. The molecule has 2 N–H and O–H groups in total. The van der Waals surface area contributed by atoms with Crippen LogP contribution >= 0.6 is 0 Å². The normalized spacial score (nSPS) is 18.7. The number of amides is 1. The summed E-state index contributed by atoms with van der Waals surface area (Å²) in [4.78, 5) is 30.8. The Bertz CT molecular complexity index is 862. The van der Waals surface area contributed by atoms with Gasteiger partial charge in [-0.25, -0.2) is 0 Å². The van der Waals surface area contributed by atoms with Crippen LogP contribution < -0.4 is 4.74 Å². The molecule has 1 fully saturated rings. The number of ketones is 1. The van der Waals surface area contributed by atoms with Gasteiger partial charge in [0.2, 0.25) is 0 Å². The number of aliphatic hydroxyl groups excluding tert-OH is 2. The van der Waals surface area contributed by atoms with E-state index in [0.29, 0.717) is 23.4 Å². The number of aliphatic hydroxyl groups is 2. The first-order chi connectivity index (χ1) is 13.1. The Morgan fingerprint density at radius 2 is 1.93 bits per heavy atom. The highest BCUT2D eigenvalue weighted by molar-refractivity contribution is 6.46. The Labute approximate surface area is 156 Å². The van der Waals surface area contributed by atoms with Crippen molar-refractivity contribution in [3.05, 3.63) is 65.5 Å². The Morgan fingerprint density at radius 1 is 1.19 bits per heavy atom. The van der Waals surface area contributed by atoms with E-state index in [1.807, 2.05) is 0 Å². The Hall–Kier alpha value is -3.19. The molecule has 3 rings (SSSR count). The lowest BCUT2D eigenvalue weighted by Crippen LogP contribution is -2.31. The van der Waals surface area contributed by atoms with Crippen LogP contribution in [0.4, 0.5) is 0 Å². The van der Waals surface area contributed by atoms with Gasteiger partial charge < -0.3 is 19.8 Å². The van der Waals surface area contributed by atoms with Crippen LogP contribution in [0.15, 0.2) is 54.2 Å². The van der Waals surface area contributed by atoms with Crippen molar-refractivity contribution in [2.75, 3.05) is 20.3 Å². The number of ether oxygens (including phenoxy) is 1. The molecule has 2 aromatic rings. The smallest absolute Gasteiger partial charge is 0.295 e. The van der Waals surface area contributed by atoms with Gasteiger partial charge in [0.1, 0.15) is 17.6 Å². The molecule has 0 aliphatic carbocycles.